The quantitative estimate of drug-likeness (QED) is 0.649. The fraction of sp³-hybridized carbons (Fsp3) is 0.143. The zero-order valence-electron chi connectivity index (χ0n) is 6.81. The molecule has 13 heavy (non-hydrogen) atoms. The summed E-state index contributed by atoms with van der Waals surface area (Å²) in [6.07, 6.45) is 0. The topological polar surface area (TPSA) is 73.5 Å². The van der Waals surface area contributed by atoms with E-state index in [0.717, 1.165) is 11.7 Å². The summed E-state index contributed by atoms with van der Waals surface area (Å²) in [7, 11) is 0. The van der Waals surface area contributed by atoms with Crippen LogP contribution in [-0.2, 0) is 0 Å². The van der Waals surface area contributed by atoms with Gasteiger partial charge in [-0.1, -0.05) is 6.07 Å². The van der Waals surface area contributed by atoms with Gasteiger partial charge in [0.25, 0.3) is 0 Å². The van der Waals surface area contributed by atoms with Crippen molar-refractivity contribution in [2.45, 2.75) is 6.92 Å². The van der Waals surface area contributed by atoms with Crippen molar-refractivity contribution in [1.82, 2.24) is 8.75 Å². The van der Waals surface area contributed by atoms with Crippen molar-refractivity contribution < 1.29 is 10.4 Å². The van der Waals surface area contributed by atoms with Gasteiger partial charge in [-0.05, 0) is 13.0 Å². The summed E-state index contributed by atoms with van der Waals surface area (Å²) in [5.74, 6) is 0. The molecule has 1 atom stereocenters. The Balaban J connectivity index is 2.80. The summed E-state index contributed by atoms with van der Waals surface area (Å²) in [6.45, 7) is 1.75. The van der Waals surface area contributed by atoms with Crippen molar-refractivity contribution in [3.05, 3.63) is 22.9 Å². The monoisotopic (exact) mass is 197 g/mol. The summed E-state index contributed by atoms with van der Waals surface area (Å²) in [5.41, 5.74) is 2.10. The Hall–Kier alpha value is -1.08. The largest absolute Gasteiger partial charge is 0.595 e. The lowest BCUT2D eigenvalue weighted by atomic mass is 10.2. The molecule has 0 spiro atoms. The Kier molecular flexibility index (Phi) is 1.97. The van der Waals surface area contributed by atoms with E-state index >= 15 is 0 Å². The molecule has 2 N–H and O–H groups in total. The number of hydrogen-bond acceptors (Lipinski definition) is 5. The maximum absolute atomic E-state index is 10.9. The minimum absolute atomic E-state index is 0.256. The number of quaternary nitrogens is 1. The first-order valence-corrected chi connectivity index (χ1v) is 4.38. The van der Waals surface area contributed by atoms with Gasteiger partial charge in [0.2, 0.25) is 0 Å². The fourth-order valence-corrected chi connectivity index (χ4v) is 1.76. The first-order valence-electron chi connectivity index (χ1n) is 3.65. The summed E-state index contributed by atoms with van der Waals surface area (Å²) in [4.78, 5) is 0. The van der Waals surface area contributed by atoms with Crippen LogP contribution in [0.1, 0.15) is 5.56 Å². The highest BCUT2D eigenvalue weighted by atomic mass is 32.1. The van der Waals surface area contributed by atoms with E-state index in [1.54, 1.807) is 19.1 Å². The second-order valence-electron chi connectivity index (χ2n) is 2.69. The van der Waals surface area contributed by atoms with E-state index in [1.807, 2.05) is 0 Å². The molecule has 0 aliphatic heterocycles. The Labute approximate surface area is 78.1 Å². The highest BCUT2D eigenvalue weighted by Gasteiger charge is 2.13. The summed E-state index contributed by atoms with van der Waals surface area (Å²) in [5, 5.41) is 18.8. The van der Waals surface area contributed by atoms with E-state index in [9.17, 15) is 5.21 Å². The maximum Gasteiger partial charge on any atom is 0.196 e. The second kappa shape index (κ2) is 3.00. The summed E-state index contributed by atoms with van der Waals surface area (Å²) >= 11 is 1.03. The number of aromatic nitrogens is 2. The molecule has 1 heterocycles. The van der Waals surface area contributed by atoms with Gasteiger partial charge in [-0.15, -0.1) is 0 Å². The lowest BCUT2D eigenvalue weighted by molar-refractivity contribution is -0.990. The number of rotatable bonds is 1. The molecule has 68 valence electrons. The Morgan fingerprint density at radius 3 is 2.92 bits per heavy atom. The predicted octanol–water partition coefficient (Wildman–Crippen LogP) is 0.403. The van der Waals surface area contributed by atoms with Gasteiger partial charge < -0.3 is 5.21 Å². The first-order chi connectivity index (χ1) is 6.20. The van der Waals surface area contributed by atoms with E-state index in [2.05, 4.69) is 8.75 Å². The molecule has 0 bridgehead atoms. The first kappa shape index (κ1) is 8.52. The molecule has 0 saturated carbocycles. The molecule has 0 fully saturated rings. The number of nitrogens with zero attached hydrogens (tertiary/aromatic N) is 2. The van der Waals surface area contributed by atoms with Gasteiger partial charge in [0.15, 0.2) is 11.2 Å². The zero-order valence-corrected chi connectivity index (χ0v) is 7.63. The fourth-order valence-electron chi connectivity index (χ4n) is 1.22. The van der Waals surface area contributed by atoms with Crippen molar-refractivity contribution >= 4 is 28.4 Å². The third-order valence-electron chi connectivity index (χ3n) is 1.85. The van der Waals surface area contributed by atoms with E-state index < -0.39 is 5.23 Å². The van der Waals surface area contributed by atoms with Gasteiger partial charge in [0.1, 0.15) is 5.52 Å². The van der Waals surface area contributed by atoms with Gasteiger partial charge in [0, 0.05) is 5.56 Å². The number of fused-ring (bicyclic) bond motifs is 1. The minimum atomic E-state index is -0.948. The van der Waals surface area contributed by atoms with Gasteiger partial charge in [-0.2, -0.15) is 14.0 Å². The SMILES string of the molecule is Cc1ccc2nsnc2c1[NH+]([O-])O. The molecule has 0 saturated heterocycles. The van der Waals surface area contributed by atoms with Crippen LogP contribution in [0.15, 0.2) is 12.1 Å². The van der Waals surface area contributed by atoms with E-state index in [4.69, 9.17) is 5.21 Å². The molecule has 6 heteroatoms. The van der Waals surface area contributed by atoms with Crippen molar-refractivity contribution in [3.63, 3.8) is 0 Å². The van der Waals surface area contributed by atoms with Crippen molar-refractivity contribution in [2.24, 2.45) is 0 Å². The summed E-state index contributed by atoms with van der Waals surface area (Å²) < 4.78 is 7.92. The highest BCUT2D eigenvalue weighted by Crippen LogP contribution is 2.21. The third-order valence-corrected chi connectivity index (χ3v) is 2.39. The molecule has 2 aromatic rings. The molecule has 5 nitrogen and oxygen atoms in total. The number of benzene rings is 1. The normalized spacial score (nSPS) is 13.5. The molecule has 2 rings (SSSR count). The smallest absolute Gasteiger partial charge is 0.196 e. The minimum Gasteiger partial charge on any atom is -0.595 e. The van der Waals surface area contributed by atoms with Crippen LogP contribution in [0.5, 0.6) is 0 Å². The van der Waals surface area contributed by atoms with Gasteiger partial charge in [-0.3, -0.25) is 0 Å². The van der Waals surface area contributed by atoms with Crippen LogP contribution in [0.2, 0.25) is 0 Å². The van der Waals surface area contributed by atoms with Gasteiger partial charge in [-0.25, -0.2) is 5.21 Å². The van der Waals surface area contributed by atoms with Crippen LogP contribution < -0.4 is 5.23 Å². The van der Waals surface area contributed by atoms with Crippen LogP contribution in [0.3, 0.4) is 0 Å². The molecular weight excluding hydrogens is 190 g/mol. The molecule has 0 aliphatic carbocycles. The lowest BCUT2D eigenvalue weighted by Crippen LogP contribution is -2.99. The van der Waals surface area contributed by atoms with Gasteiger partial charge in [0.05, 0.1) is 11.7 Å². The number of aryl methyl sites for hydroxylation is 1. The van der Waals surface area contributed by atoms with Crippen LogP contribution in [0, 0.1) is 12.1 Å². The van der Waals surface area contributed by atoms with Crippen molar-refractivity contribution in [3.8, 4) is 0 Å². The molecular formula is C7H7N3O2S. The van der Waals surface area contributed by atoms with E-state index in [1.165, 1.54) is 0 Å². The van der Waals surface area contributed by atoms with Crippen LogP contribution >= 0.6 is 11.7 Å². The van der Waals surface area contributed by atoms with Crippen molar-refractivity contribution in [1.29, 1.82) is 0 Å². The molecule has 0 radical (unpaired) electrons. The average molecular weight is 197 g/mol. The summed E-state index contributed by atoms with van der Waals surface area (Å²) in [6, 6.07) is 3.52. The van der Waals surface area contributed by atoms with Crippen molar-refractivity contribution in [2.75, 3.05) is 0 Å². The predicted molar refractivity (Wildman–Crippen MR) is 47.9 cm³/mol. The van der Waals surface area contributed by atoms with Crippen LogP contribution in [0.4, 0.5) is 5.69 Å². The molecule has 1 aromatic carbocycles. The molecule has 0 aliphatic rings. The Bertz CT molecular complexity index is 440. The Morgan fingerprint density at radius 1 is 1.46 bits per heavy atom. The van der Waals surface area contributed by atoms with E-state index in [-0.39, 0.29) is 5.69 Å². The maximum atomic E-state index is 10.9. The standard InChI is InChI=1S/C7H7N3O2S/c1-4-2-3-5-6(9-13-8-5)7(4)10(11)12/h2-3,10-11H,1H3. The second-order valence-corrected chi connectivity index (χ2v) is 3.22. The van der Waals surface area contributed by atoms with Crippen LogP contribution in [-0.4, -0.2) is 14.0 Å². The van der Waals surface area contributed by atoms with E-state index in [0.29, 0.717) is 16.6 Å². The lowest BCUT2D eigenvalue weighted by Gasteiger charge is -2.13. The molecule has 0 amide bonds. The Morgan fingerprint density at radius 2 is 2.23 bits per heavy atom. The van der Waals surface area contributed by atoms with Gasteiger partial charge >= 0.3 is 0 Å². The molecule has 1 aromatic heterocycles. The third kappa shape index (κ3) is 1.29. The average Bonchev–Trinajstić information content (AvgIpc) is 2.50. The highest BCUT2D eigenvalue weighted by molar-refractivity contribution is 7.00. The zero-order chi connectivity index (χ0) is 9.42. The number of nitrogens with one attached hydrogen (secondary N) is 1. The number of hydrogen-bond donors (Lipinski definition) is 2. The van der Waals surface area contributed by atoms with Crippen LogP contribution in [0.25, 0.3) is 11.0 Å². The molecule has 1 unspecified atom stereocenters.